The molecule has 0 radical (unpaired) electrons. The van der Waals surface area contributed by atoms with Gasteiger partial charge >= 0.3 is 13.6 Å². The molecule has 0 spiro atoms. The van der Waals surface area contributed by atoms with E-state index in [-0.39, 0.29) is 25.6 Å². The van der Waals surface area contributed by atoms with Crippen LogP contribution >= 0.6 is 7.60 Å². The van der Waals surface area contributed by atoms with E-state index in [1.54, 1.807) is 34.6 Å². The fraction of sp³-hybridized carbons (Fsp3) is 0.909. The van der Waals surface area contributed by atoms with Crippen LogP contribution in [0.5, 0.6) is 0 Å². The van der Waals surface area contributed by atoms with Gasteiger partial charge in [-0.2, -0.15) is 0 Å². The molecule has 1 atom stereocenters. The molecule has 0 amide bonds. The smallest absolute Gasteiger partial charge is 0.372 e. The van der Waals surface area contributed by atoms with Crippen molar-refractivity contribution in [3.8, 4) is 0 Å². The van der Waals surface area contributed by atoms with Gasteiger partial charge in [-0.1, -0.05) is 13.8 Å². The first kappa shape index (κ1) is 17.6. The number of carbonyl (C=O) groups is 1. The Hall–Kier alpha value is -0.420. The fourth-order valence-electron chi connectivity index (χ4n) is 1.53. The van der Waals surface area contributed by atoms with Gasteiger partial charge in [0, 0.05) is 0 Å². The third kappa shape index (κ3) is 3.79. The maximum absolute atomic E-state index is 12.2. The van der Waals surface area contributed by atoms with Crippen LogP contribution in [0.2, 0.25) is 0 Å². The van der Waals surface area contributed by atoms with Crippen molar-refractivity contribution in [3.63, 3.8) is 0 Å². The Bertz CT molecular complexity index is 311. The van der Waals surface area contributed by atoms with Crippen molar-refractivity contribution in [1.82, 2.24) is 0 Å². The Labute approximate surface area is 108 Å². The van der Waals surface area contributed by atoms with Gasteiger partial charge in [0.2, 0.25) is 0 Å². The van der Waals surface area contributed by atoms with E-state index >= 15 is 0 Å². The lowest BCUT2D eigenvalue weighted by molar-refractivity contribution is -0.243. The molecule has 0 aliphatic rings. The Morgan fingerprint density at radius 3 is 2.11 bits per heavy atom. The average molecular weight is 282 g/mol. The summed E-state index contributed by atoms with van der Waals surface area (Å²) < 4.78 is 21.7. The van der Waals surface area contributed by atoms with Crippen molar-refractivity contribution in [3.05, 3.63) is 0 Å². The molecule has 0 heterocycles. The van der Waals surface area contributed by atoms with E-state index < -0.39 is 18.7 Å². The third-order valence-corrected chi connectivity index (χ3v) is 4.89. The van der Waals surface area contributed by atoms with Crippen molar-refractivity contribution in [2.45, 2.75) is 58.7 Å². The predicted octanol–water partition coefficient (Wildman–Crippen LogP) is 2.65. The van der Waals surface area contributed by atoms with Gasteiger partial charge in [-0.15, -0.1) is 4.67 Å². The minimum atomic E-state index is -4.27. The highest BCUT2D eigenvalue weighted by Gasteiger charge is 2.55. The zero-order chi connectivity index (χ0) is 14.4. The maximum atomic E-state index is 12.2. The van der Waals surface area contributed by atoms with Crippen LogP contribution in [0.4, 0.5) is 0 Å². The van der Waals surface area contributed by atoms with Crippen LogP contribution in [0.3, 0.4) is 0 Å². The molecule has 0 aliphatic heterocycles. The summed E-state index contributed by atoms with van der Waals surface area (Å²) in [5.41, 5.74) is 0. The summed E-state index contributed by atoms with van der Waals surface area (Å²) in [6.45, 7) is 8.38. The number of carbonyl (C=O) groups excluding carboxylic acids is 1. The topological polar surface area (TPSA) is 82.1 Å². The summed E-state index contributed by atoms with van der Waals surface area (Å²) in [4.78, 5) is 26.6. The zero-order valence-electron chi connectivity index (χ0n) is 11.6. The van der Waals surface area contributed by atoms with E-state index in [2.05, 4.69) is 4.67 Å². The average Bonchev–Trinajstić information content (AvgIpc) is 2.29. The molecule has 0 saturated carbocycles. The highest BCUT2D eigenvalue weighted by molar-refractivity contribution is 7.55. The van der Waals surface area contributed by atoms with Crippen molar-refractivity contribution >= 4 is 13.6 Å². The van der Waals surface area contributed by atoms with Crippen LogP contribution in [0, 0.1) is 0 Å². The summed E-state index contributed by atoms with van der Waals surface area (Å²) in [7, 11) is -4.27. The van der Waals surface area contributed by atoms with Crippen LogP contribution in [-0.4, -0.2) is 28.7 Å². The third-order valence-electron chi connectivity index (χ3n) is 2.70. The van der Waals surface area contributed by atoms with E-state index in [9.17, 15) is 14.3 Å². The molecule has 1 N–H and O–H groups in total. The number of rotatable bonds is 8. The molecule has 1 unspecified atom stereocenters. The molecule has 0 aromatic heterocycles. The van der Waals surface area contributed by atoms with Gasteiger partial charge in [0.25, 0.3) is 0 Å². The number of esters is 1. The Morgan fingerprint density at radius 1 is 1.28 bits per heavy atom. The van der Waals surface area contributed by atoms with Crippen LogP contribution in [0.15, 0.2) is 0 Å². The van der Waals surface area contributed by atoms with Gasteiger partial charge in [-0.05, 0) is 33.6 Å². The number of ether oxygens (including phenoxy) is 1. The highest BCUT2D eigenvalue weighted by Crippen LogP contribution is 2.59. The molecule has 0 aromatic carbocycles. The van der Waals surface area contributed by atoms with Crippen LogP contribution in [-0.2, 0) is 23.7 Å². The lowest BCUT2D eigenvalue weighted by atomic mass is 10.0. The second kappa shape index (κ2) is 7.24. The first-order valence-electron chi connectivity index (χ1n) is 6.12. The van der Waals surface area contributed by atoms with Crippen LogP contribution in [0.25, 0.3) is 0 Å². The maximum Gasteiger partial charge on any atom is 0.372 e. The first-order valence-corrected chi connectivity index (χ1v) is 7.70. The standard InChI is InChI=1S/C11H23O6P/c1-6-11(7-2,10(12)15-8-3)18(13,14)17-16-9(4)5/h9H,6-8H2,1-5H3,(H,13,14). The molecule has 0 fully saturated rings. The van der Waals surface area contributed by atoms with E-state index in [0.29, 0.717) is 0 Å². The molecule has 108 valence electrons. The van der Waals surface area contributed by atoms with Crippen LogP contribution in [0.1, 0.15) is 47.5 Å². The Morgan fingerprint density at radius 2 is 1.78 bits per heavy atom. The summed E-state index contributed by atoms with van der Waals surface area (Å²) in [6.07, 6.45) is -0.103. The monoisotopic (exact) mass is 282 g/mol. The van der Waals surface area contributed by atoms with Gasteiger partial charge < -0.3 is 9.63 Å². The van der Waals surface area contributed by atoms with Gasteiger partial charge in [-0.25, -0.2) is 4.89 Å². The molecule has 18 heavy (non-hydrogen) atoms. The molecule has 0 aliphatic carbocycles. The lowest BCUT2D eigenvalue weighted by Crippen LogP contribution is -2.39. The minimum Gasteiger partial charge on any atom is -0.465 e. The molecular weight excluding hydrogens is 259 g/mol. The number of hydrogen-bond donors (Lipinski definition) is 1. The minimum absolute atomic E-state index is 0.136. The second-order valence-electron chi connectivity index (χ2n) is 4.20. The van der Waals surface area contributed by atoms with E-state index in [1.165, 1.54) is 0 Å². The largest absolute Gasteiger partial charge is 0.465 e. The van der Waals surface area contributed by atoms with Crippen molar-refractivity contribution in [2.24, 2.45) is 0 Å². The molecule has 0 bridgehead atoms. The Kier molecular flexibility index (Phi) is 7.07. The first-order chi connectivity index (χ1) is 8.27. The molecule has 0 saturated heterocycles. The van der Waals surface area contributed by atoms with E-state index in [1.807, 2.05) is 0 Å². The summed E-state index contributed by atoms with van der Waals surface area (Å²) in [5, 5.41) is -1.57. The fourth-order valence-corrected chi connectivity index (χ4v) is 3.06. The van der Waals surface area contributed by atoms with Crippen LogP contribution < -0.4 is 0 Å². The second-order valence-corrected chi connectivity index (χ2v) is 6.25. The van der Waals surface area contributed by atoms with Gasteiger partial charge in [0.15, 0.2) is 5.16 Å². The van der Waals surface area contributed by atoms with Crippen molar-refractivity contribution in [2.75, 3.05) is 6.61 Å². The zero-order valence-corrected chi connectivity index (χ0v) is 12.5. The Balaban J connectivity index is 5.18. The number of hydrogen-bond acceptors (Lipinski definition) is 5. The molecular formula is C11H23O6P. The highest BCUT2D eigenvalue weighted by atomic mass is 31.2. The predicted molar refractivity (Wildman–Crippen MR) is 67.1 cm³/mol. The summed E-state index contributed by atoms with van der Waals surface area (Å²) >= 11 is 0. The van der Waals surface area contributed by atoms with Crippen molar-refractivity contribution < 1.29 is 28.6 Å². The van der Waals surface area contributed by atoms with Gasteiger partial charge in [0.1, 0.15) is 0 Å². The van der Waals surface area contributed by atoms with E-state index in [4.69, 9.17) is 9.62 Å². The molecule has 6 nitrogen and oxygen atoms in total. The lowest BCUT2D eigenvalue weighted by Gasteiger charge is -2.31. The summed E-state index contributed by atoms with van der Waals surface area (Å²) in [6, 6.07) is 0. The molecule has 0 rings (SSSR count). The van der Waals surface area contributed by atoms with Crippen molar-refractivity contribution in [1.29, 1.82) is 0 Å². The summed E-state index contributed by atoms with van der Waals surface area (Å²) in [5.74, 6) is -0.729. The normalized spacial score (nSPS) is 15.5. The van der Waals surface area contributed by atoms with Gasteiger partial charge in [0.05, 0.1) is 12.7 Å². The van der Waals surface area contributed by atoms with Gasteiger partial charge in [-0.3, -0.25) is 9.36 Å². The molecule has 7 heteroatoms. The SMILES string of the molecule is CCOC(=O)C(CC)(CC)P(=O)(O)OOC(C)C. The quantitative estimate of drug-likeness (QED) is 0.319. The molecule has 0 aromatic rings. The van der Waals surface area contributed by atoms with E-state index in [0.717, 1.165) is 0 Å².